The Labute approximate surface area is 56.6 Å². The fourth-order valence-corrected chi connectivity index (χ4v) is 0.788. The van der Waals surface area contributed by atoms with Gasteiger partial charge in [0.25, 0.3) is 5.71 Å². The van der Waals surface area contributed by atoms with Gasteiger partial charge in [-0.3, -0.25) is 0 Å². The van der Waals surface area contributed by atoms with E-state index in [0.717, 1.165) is 5.39 Å². The number of nitrogens with zero attached hydrogens (tertiary/aromatic N) is 2. The Bertz CT molecular complexity index is 355. The van der Waals surface area contributed by atoms with E-state index in [4.69, 9.17) is 10.3 Å². The Kier molecular flexibility index (Phi) is 0.887. The van der Waals surface area contributed by atoms with Gasteiger partial charge in [0.2, 0.25) is 0 Å². The summed E-state index contributed by atoms with van der Waals surface area (Å²) in [6, 6.07) is 1.76. The fourth-order valence-electron chi connectivity index (χ4n) is 0.788. The van der Waals surface area contributed by atoms with E-state index in [9.17, 15) is 0 Å². The third-order valence-electron chi connectivity index (χ3n) is 1.23. The summed E-state index contributed by atoms with van der Waals surface area (Å²) in [4.78, 5) is 3.89. The molecule has 0 unspecified atom stereocenters. The summed E-state index contributed by atoms with van der Waals surface area (Å²) in [5, 5.41) is 4.38. The normalized spacial score (nSPS) is 10.4. The van der Waals surface area contributed by atoms with E-state index < -0.39 is 0 Å². The number of nitrogens with two attached hydrogens (primary N) is 1. The number of nitrogen functional groups attached to an aromatic ring is 1. The summed E-state index contributed by atoms with van der Waals surface area (Å²) in [5.74, 6) is 0. The molecule has 0 amide bonds. The molecule has 0 aromatic carbocycles. The van der Waals surface area contributed by atoms with Crippen molar-refractivity contribution in [2.24, 2.45) is 0 Å². The second kappa shape index (κ2) is 1.70. The molecule has 0 aliphatic rings. The number of hydrogen-bond acceptors (Lipinski definition) is 4. The summed E-state index contributed by atoms with van der Waals surface area (Å²) >= 11 is 0. The Balaban J connectivity index is 2.86. The average Bonchev–Trinajstić information content (AvgIpc) is 2.33. The standard InChI is InChI=1S/C6H5N3O/c7-5-1-4-2-9-10-6(4)8-3-5/h1-3H,7H2. The molecule has 0 atom stereocenters. The zero-order valence-corrected chi connectivity index (χ0v) is 5.11. The van der Waals surface area contributed by atoms with Crippen molar-refractivity contribution >= 4 is 16.8 Å². The third-order valence-corrected chi connectivity index (χ3v) is 1.23. The van der Waals surface area contributed by atoms with Crippen molar-refractivity contribution in [1.82, 2.24) is 10.1 Å². The van der Waals surface area contributed by atoms with E-state index in [1.54, 1.807) is 12.3 Å². The van der Waals surface area contributed by atoms with Crippen molar-refractivity contribution in [2.75, 3.05) is 5.73 Å². The van der Waals surface area contributed by atoms with Crippen LogP contribution in [0.3, 0.4) is 0 Å². The van der Waals surface area contributed by atoms with Crippen LogP contribution >= 0.6 is 0 Å². The van der Waals surface area contributed by atoms with Crippen molar-refractivity contribution in [1.29, 1.82) is 0 Å². The lowest BCUT2D eigenvalue weighted by atomic mass is 10.3. The highest BCUT2D eigenvalue weighted by molar-refractivity contribution is 5.74. The van der Waals surface area contributed by atoms with Crippen LogP contribution in [-0.2, 0) is 0 Å². The van der Waals surface area contributed by atoms with Crippen LogP contribution in [0.15, 0.2) is 23.0 Å². The Morgan fingerprint density at radius 2 is 2.30 bits per heavy atom. The summed E-state index contributed by atoms with van der Waals surface area (Å²) in [7, 11) is 0. The molecule has 2 rings (SSSR count). The van der Waals surface area contributed by atoms with Crippen molar-refractivity contribution < 1.29 is 4.52 Å². The molecular formula is C6H5N3O. The van der Waals surface area contributed by atoms with Gasteiger partial charge >= 0.3 is 0 Å². The molecule has 0 radical (unpaired) electrons. The lowest BCUT2D eigenvalue weighted by molar-refractivity contribution is 0.448. The Morgan fingerprint density at radius 3 is 3.20 bits per heavy atom. The van der Waals surface area contributed by atoms with Gasteiger partial charge in [0.1, 0.15) is 0 Å². The predicted molar refractivity (Wildman–Crippen MR) is 36.2 cm³/mol. The van der Waals surface area contributed by atoms with Gasteiger partial charge < -0.3 is 10.3 Å². The molecule has 0 aliphatic carbocycles. The minimum absolute atomic E-state index is 0.522. The number of anilines is 1. The maximum Gasteiger partial charge on any atom is 0.257 e. The molecule has 0 spiro atoms. The number of fused-ring (bicyclic) bond motifs is 1. The van der Waals surface area contributed by atoms with Crippen molar-refractivity contribution in [3.8, 4) is 0 Å². The largest absolute Gasteiger partial charge is 0.397 e. The quantitative estimate of drug-likeness (QED) is 0.580. The van der Waals surface area contributed by atoms with Crippen LogP contribution in [0.2, 0.25) is 0 Å². The van der Waals surface area contributed by atoms with Gasteiger partial charge in [0.05, 0.1) is 23.5 Å². The van der Waals surface area contributed by atoms with E-state index in [2.05, 4.69) is 10.1 Å². The van der Waals surface area contributed by atoms with Gasteiger partial charge in [-0.2, -0.15) is 0 Å². The van der Waals surface area contributed by atoms with Crippen molar-refractivity contribution in [3.63, 3.8) is 0 Å². The summed E-state index contributed by atoms with van der Waals surface area (Å²) in [5.41, 5.74) is 6.59. The number of hydrogen-bond donors (Lipinski definition) is 1. The highest BCUT2D eigenvalue weighted by Crippen LogP contribution is 2.12. The molecule has 50 valence electrons. The minimum Gasteiger partial charge on any atom is -0.397 e. The van der Waals surface area contributed by atoms with Crippen LogP contribution < -0.4 is 5.73 Å². The van der Waals surface area contributed by atoms with Gasteiger partial charge in [-0.1, -0.05) is 5.16 Å². The molecule has 0 saturated carbocycles. The van der Waals surface area contributed by atoms with Crippen LogP contribution in [0.1, 0.15) is 0 Å². The van der Waals surface area contributed by atoms with Gasteiger partial charge in [0.15, 0.2) is 0 Å². The van der Waals surface area contributed by atoms with Crippen LogP contribution in [0.25, 0.3) is 11.1 Å². The maximum absolute atomic E-state index is 5.45. The molecule has 4 heteroatoms. The smallest absolute Gasteiger partial charge is 0.257 e. The highest BCUT2D eigenvalue weighted by Gasteiger charge is 1.97. The van der Waals surface area contributed by atoms with Crippen LogP contribution in [0.5, 0.6) is 0 Å². The van der Waals surface area contributed by atoms with Gasteiger partial charge in [-0.15, -0.1) is 0 Å². The summed E-state index contributed by atoms with van der Waals surface area (Å²) < 4.78 is 4.76. The first-order valence-corrected chi connectivity index (χ1v) is 2.82. The van der Waals surface area contributed by atoms with E-state index in [1.165, 1.54) is 6.20 Å². The molecule has 2 aromatic heterocycles. The fraction of sp³-hybridized carbons (Fsp3) is 0. The van der Waals surface area contributed by atoms with Crippen LogP contribution in [-0.4, -0.2) is 10.1 Å². The SMILES string of the molecule is Nc1cnc2oncc2c1. The molecule has 0 saturated heterocycles. The molecule has 0 bridgehead atoms. The summed E-state index contributed by atoms with van der Waals surface area (Å²) in [6.07, 6.45) is 3.12. The average molecular weight is 135 g/mol. The lowest BCUT2D eigenvalue weighted by Gasteiger charge is -1.87. The van der Waals surface area contributed by atoms with Crippen LogP contribution in [0, 0.1) is 0 Å². The summed E-state index contributed by atoms with van der Waals surface area (Å²) in [6.45, 7) is 0. The molecule has 0 fully saturated rings. The zero-order chi connectivity index (χ0) is 6.97. The number of aromatic nitrogens is 2. The van der Waals surface area contributed by atoms with Crippen molar-refractivity contribution in [3.05, 3.63) is 18.5 Å². The highest BCUT2D eigenvalue weighted by atomic mass is 16.5. The molecule has 4 nitrogen and oxygen atoms in total. The maximum atomic E-state index is 5.45. The topological polar surface area (TPSA) is 64.9 Å². The predicted octanol–water partition coefficient (Wildman–Crippen LogP) is 0.805. The molecule has 0 aliphatic heterocycles. The van der Waals surface area contributed by atoms with E-state index in [-0.39, 0.29) is 0 Å². The molecular weight excluding hydrogens is 130 g/mol. The third kappa shape index (κ3) is 0.621. The Morgan fingerprint density at radius 1 is 1.40 bits per heavy atom. The molecule has 2 aromatic rings. The van der Waals surface area contributed by atoms with Gasteiger partial charge in [0, 0.05) is 0 Å². The van der Waals surface area contributed by atoms with Gasteiger partial charge in [-0.25, -0.2) is 4.98 Å². The first-order chi connectivity index (χ1) is 4.86. The second-order valence-electron chi connectivity index (χ2n) is 1.99. The van der Waals surface area contributed by atoms with Crippen molar-refractivity contribution in [2.45, 2.75) is 0 Å². The van der Waals surface area contributed by atoms with E-state index in [1.807, 2.05) is 0 Å². The number of pyridine rings is 1. The monoisotopic (exact) mass is 135 g/mol. The minimum atomic E-state index is 0.522. The van der Waals surface area contributed by atoms with Crippen LogP contribution in [0.4, 0.5) is 5.69 Å². The molecule has 2 N–H and O–H groups in total. The molecule has 10 heavy (non-hydrogen) atoms. The first kappa shape index (κ1) is 5.22. The van der Waals surface area contributed by atoms with E-state index in [0.29, 0.717) is 11.4 Å². The molecule has 2 heterocycles. The zero-order valence-electron chi connectivity index (χ0n) is 5.11. The lowest BCUT2D eigenvalue weighted by Crippen LogP contribution is -1.84. The Hall–Kier alpha value is -1.58. The first-order valence-electron chi connectivity index (χ1n) is 2.82. The van der Waals surface area contributed by atoms with E-state index >= 15 is 0 Å². The number of rotatable bonds is 0. The van der Waals surface area contributed by atoms with Gasteiger partial charge in [-0.05, 0) is 6.07 Å². The second-order valence-corrected chi connectivity index (χ2v) is 1.99.